The number of fused-ring (bicyclic) bond motifs is 1. The maximum Gasteiger partial charge on any atom is 0.156 e. The molecule has 2 N–H and O–H groups in total. The third-order valence-electron chi connectivity index (χ3n) is 6.74. The van der Waals surface area contributed by atoms with Crippen molar-refractivity contribution in [3.8, 4) is 16.9 Å². The molecule has 2 unspecified atom stereocenters. The number of carbonyl (C=O) groups excluding carboxylic acids is 1. The summed E-state index contributed by atoms with van der Waals surface area (Å²) >= 11 is 6.61. The van der Waals surface area contributed by atoms with E-state index in [1.807, 2.05) is 38.1 Å². The van der Waals surface area contributed by atoms with E-state index in [1.165, 1.54) is 0 Å². The molecule has 5 rings (SSSR count). The van der Waals surface area contributed by atoms with Crippen molar-refractivity contribution in [3.63, 3.8) is 0 Å². The van der Waals surface area contributed by atoms with Crippen LogP contribution in [-0.4, -0.2) is 16.9 Å². The maximum absolute atomic E-state index is 12.1. The number of hydrogen-bond donors (Lipinski definition) is 1. The molecule has 3 aromatic rings. The first-order valence-electron chi connectivity index (χ1n) is 11.2. The lowest BCUT2D eigenvalue weighted by Gasteiger charge is -2.27. The Balaban J connectivity index is 1.50. The molecule has 4 nitrogen and oxygen atoms in total. The van der Waals surface area contributed by atoms with Gasteiger partial charge in [0.2, 0.25) is 0 Å². The van der Waals surface area contributed by atoms with Gasteiger partial charge in [-0.3, -0.25) is 9.78 Å². The van der Waals surface area contributed by atoms with Gasteiger partial charge in [-0.25, -0.2) is 0 Å². The molecule has 164 valence electrons. The monoisotopic (exact) mass is 446 g/mol. The number of halogens is 1. The average molecular weight is 447 g/mol. The first-order chi connectivity index (χ1) is 15.3. The van der Waals surface area contributed by atoms with E-state index < -0.39 is 0 Å². The minimum atomic E-state index is -0.270. The largest absolute Gasteiger partial charge is 0.490 e. The number of carbonyl (C=O) groups is 1. The van der Waals surface area contributed by atoms with Crippen LogP contribution in [0.3, 0.4) is 0 Å². The zero-order chi connectivity index (χ0) is 22.5. The Morgan fingerprint density at radius 3 is 2.69 bits per heavy atom. The van der Waals surface area contributed by atoms with Crippen LogP contribution in [0, 0.1) is 5.92 Å². The lowest BCUT2D eigenvalue weighted by atomic mass is 9.85. The molecule has 2 atom stereocenters. The van der Waals surface area contributed by atoms with E-state index in [2.05, 4.69) is 23.2 Å². The molecule has 0 aliphatic heterocycles. The first kappa shape index (κ1) is 21.2. The molecular formula is C27H27ClN2O2. The van der Waals surface area contributed by atoms with Gasteiger partial charge in [0.05, 0.1) is 11.6 Å². The second kappa shape index (κ2) is 8.02. The molecule has 5 heteroatoms. The third kappa shape index (κ3) is 4.05. The van der Waals surface area contributed by atoms with Crippen LogP contribution in [-0.2, 0) is 10.3 Å². The van der Waals surface area contributed by atoms with Crippen LogP contribution in [0.1, 0.15) is 45.1 Å². The second-order valence-electron chi connectivity index (χ2n) is 9.34. The van der Waals surface area contributed by atoms with E-state index >= 15 is 0 Å². The number of pyridine rings is 1. The summed E-state index contributed by atoms with van der Waals surface area (Å²) in [6.07, 6.45) is 6.78. The SMILES string of the molecule is CC1=CC(=O)CC(C(C)Oc2cc(-c3ccc(C4(N)CC4)c(Cl)c3)cc3ncccc23)C1. The number of rotatable bonds is 5. The molecule has 0 radical (unpaired) electrons. The second-order valence-corrected chi connectivity index (χ2v) is 9.75. The normalized spacial score (nSPS) is 20.7. The van der Waals surface area contributed by atoms with E-state index in [9.17, 15) is 4.79 Å². The predicted molar refractivity (Wildman–Crippen MR) is 129 cm³/mol. The smallest absolute Gasteiger partial charge is 0.156 e. The maximum atomic E-state index is 12.1. The number of nitrogens with zero attached hydrogens (tertiary/aromatic N) is 1. The molecule has 0 saturated heterocycles. The molecule has 1 saturated carbocycles. The van der Waals surface area contributed by atoms with Crippen molar-refractivity contribution < 1.29 is 9.53 Å². The van der Waals surface area contributed by atoms with Crippen molar-refractivity contribution in [2.45, 2.75) is 51.2 Å². The zero-order valence-electron chi connectivity index (χ0n) is 18.4. The van der Waals surface area contributed by atoms with Crippen molar-refractivity contribution >= 4 is 28.3 Å². The molecule has 2 aliphatic carbocycles. The molecular weight excluding hydrogens is 420 g/mol. The van der Waals surface area contributed by atoms with Gasteiger partial charge in [-0.15, -0.1) is 0 Å². The summed E-state index contributed by atoms with van der Waals surface area (Å²) in [4.78, 5) is 16.6. The highest BCUT2D eigenvalue weighted by atomic mass is 35.5. The van der Waals surface area contributed by atoms with E-state index in [-0.39, 0.29) is 23.3 Å². The summed E-state index contributed by atoms with van der Waals surface area (Å²) < 4.78 is 6.47. The van der Waals surface area contributed by atoms with Crippen molar-refractivity contribution in [1.82, 2.24) is 4.98 Å². The summed E-state index contributed by atoms with van der Waals surface area (Å²) in [6, 6.07) is 14.1. The van der Waals surface area contributed by atoms with Gasteiger partial charge in [0.25, 0.3) is 0 Å². The van der Waals surface area contributed by atoms with Crippen LogP contribution < -0.4 is 10.5 Å². The topological polar surface area (TPSA) is 65.2 Å². The van der Waals surface area contributed by atoms with Crippen molar-refractivity contribution in [2.75, 3.05) is 0 Å². The van der Waals surface area contributed by atoms with Crippen molar-refractivity contribution in [2.24, 2.45) is 11.7 Å². The highest BCUT2D eigenvalue weighted by molar-refractivity contribution is 6.31. The number of aromatic nitrogens is 1. The Kier molecular flexibility index (Phi) is 5.31. The standard InChI is InChI=1S/C27H27ClN2O2/c1-16-10-19(12-21(31)11-16)17(2)32-26-15-20(14-25-22(26)4-3-9-30-25)18-5-6-23(24(28)13-18)27(29)7-8-27/h3-6,9,11,13-15,17,19H,7-8,10,12,29H2,1-2H3. The van der Waals surface area contributed by atoms with Crippen molar-refractivity contribution in [3.05, 3.63) is 70.9 Å². The number of allylic oxidation sites excluding steroid dienone is 2. The molecule has 2 aromatic carbocycles. The van der Waals surface area contributed by atoms with Crippen LogP contribution in [0.15, 0.2) is 60.3 Å². The zero-order valence-corrected chi connectivity index (χ0v) is 19.2. The fourth-order valence-corrected chi connectivity index (χ4v) is 5.05. The van der Waals surface area contributed by atoms with Crippen molar-refractivity contribution in [1.29, 1.82) is 0 Å². The lowest BCUT2D eigenvalue weighted by Crippen LogP contribution is -2.28. The van der Waals surface area contributed by atoms with Gasteiger partial charge in [-0.1, -0.05) is 29.3 Å². The molecule has 1 aromatic heterocycles. The Bertz CT molecular complexity index is 1250. The van der Waals surface area contributed by atoms with E-state index in [0.29, 0.717) is 11.4 Å². The Labute approximate surface area is 193 Å². The minimum absolute atomic E-state index is 0.0980. The number of benzene rings is 2. The van der Waals surface area contributed by atoms with Gasteiger partial charge >= 0.3 is 0 Å². The van der Waals surface area contributed by atoms with Crippen LogP contribution in [0.25, 0.3) is 22.0 Å². The lowest BCUT2D eigenvalue weighted by molar-refractivity contribution is -0.116. The van der Waals surface area contributed by atoms with Crippen LogP contribution in [0.4, 0.5) is 0 Å². The Hall–Kier alpha value is -2.69. The van der Waals surface area contributed by atoms with E-state index in [4.69, 9.17) is 22.1 Å². The quantitative estimate of drug-likeness (QED) is 0.507. The molecule has 32 heavy (non-hydrogen) atoms. The Morgan fingerprint density at radius 1 is 1.16 bits per heavy atom. The van der Waals surface area contributed by atoms with Crippen LogP contribution >= 0.6 is 11.6 Å². The number of hydrogen-bond acceptors (Lipinski definition) is 4. The predicted octanol–water partition coefficient (Wildman–Crippen LogP) is 6.20. The van der Waals surface area contributed by atoms with E-state index in [1.54, 1.807) is 12.3 Å². The molecule has 0 amide bonds. The molecule has 0 bridgehead atoms. The first-order valence-corrected chi connectivity index (χ1v) is 11.5. The summed E-state index contributed by atoms with van der Waals surface area (Å²) in [7, 11) is 0. The van der Waals surface area contributed by atoms with Gasteiger partial charge < -0.3 is 10.5 Å². The van der Waals surface area contributed by atoms with Crippen LogP contribution in [0.2, 0.25) is 5.02 Å². The average Bonchev–Trinajstić information content (AvgIpc) is 3.51. The third-order valence-corrected chi connectivity index (χ3v) is 7.05. The molecule has 0 spiro atoms. The molecule has 2 aliphatic rings. The van der Waals surface area contributed by atoms with Crippen LogP contribution in [0.5, 0.6) is 5.75 Å². The Morgan fingerprint density at radius 2 is 1.97 bits per heavy atom. The molecule has 1 heterocycles. The summed E-state index contributed by atoms with van der Waals surface area (Å²) in [6.45, 7) is 4.06. The summed E-state index contributed by atoms with van der Waals surface area (Å²) in [5, 5.41) is 1.65. The van der Waals surface area contributed by atoms with Gasteiger partial charge in [0.1, 0.15) is 5.75 Å². The van der Waals surface area contributed by atoms with Gasteiger partial charge in [-0.05, 0) is 86.2 Å². The number of ether oxygens (including phenoxy) is 1. The number of ketones is 1. The highest BCUT2D eigenvalue weighted by Crippen LogP contribution is 2.46. The van der Waals surface area contributed by atoms with E-state index in [0.717, 1.165) is 58.2 Å². The summed E-state index contributed by atoms with van der Waals surface area (Å²) in [5.41, 5.74) is 11.1. The molecule has 1 fully saturated rings. The highest BCUT2D eigenvalue weighted by Gasteiger charge is 2.41. The minimum Gasteiger partial charge on any atom is -0.490 e. The summed E-state index contributed by atoms with van der Waals surface area (Å²) in [5.74, 6) is 1.11. The fourth-order valence-electron chi connectivity index (χ4n) is 4.68. The van der Waals surface area contributed by atoms with Gasteiger partial charge in [-0.2, -0.15) is 0 Å². The number of nitrogens with two attached hydrogens (primary N) is 1. The fraction of sp³-hybridized carbons (Fsp3) is 0.333. The van der Waals surface area contributed by atoms with Gasteiger partial charge in [0, 0.05) is 34.5 Å². The van der Waals surface area contributed by atoms with Gasteiger partial charge in [0.15, 0.2) is 5.78 Å².